The standard InChI is InChI=1S/C11H8Cl2O3S/c1-15-5-6-2-3-8(16-6)10(14)7-4-9(12)17-11(7)13/h2-4H,5H2,1H3. The smallest absolute Gasteiger partial charge is 0.230 e. The van der Waals surface area contributed by atoms with Crippen LogP contribution in [0.1, 0.15) is 21.9 Å². The molecular weight excluding hydrogens is 283 g/mol. The maximum absolute atomic E-state index is 12.0. The molecule has 2 aromatic heterocycles. The molecule has 2 aromatic rings. The van der Waals surface area contributed by atoms with E-state index in [1.165, 1.54) is 6.07 Å². The number of carbonyl (C=O) groups excluding carboxylic acids is 1. The van der Waals surface area contributed by atoms with Crippen LogP contribution in [0.5, 0.6) is 0 Å². The van der Waals surface area contributed by atoms with Crippen LogP contribution in [0, 0.1) is 0 Å². The zero-order valence-corrected chi connectivity index (χ0v) is 11.2. The van der Waals surface area contributed by atoms with Gasteiger partial charge in [-0.1, -0.05) is 23.2 Å². The van der Waals surface area contributed by atoms with Gasteiger partial charge in [0.25, 0.3) is 0 Å². The van der Waals surface area contributed by atoms with E-state index in [0.717, 1.165) is 11.3 Å². The third-order valence-electron chi connectivity index (χ3n) is 2.07. The third kappa shape index (κ3) is 2.72. The van der Waals surface area contributed by atoms with Crippen molar-refractivity contribution in [3.8, 4) is 0 Å². The highest BCUT2D eigenvalue weighted by molar-refractivity contribution is 7.20. The van der Waals surface area contributed by atoms with Gasteiger partial charge in [-0.25, -0.2) is 0 Å². The predicted octanol–water partition coefficient (Wildman–Crippen LogP) is 4.03. The van der Waals surface area contributed by atoms with E-state index in [-0.39, 0.29) is 11.5 Å². The fourth-order valence-electron chi connectivity index (χ4n) is 1.35. The molecule has 0 bridgehead atoms. The first kappa shape index (κ1) is 12.6. The van der Waals surface area contributed by atoms with Gasteiger partial charge >= 0.3 is 0 Å². The fourth-order valence-corrected chi connectivity index (χ4v) is 2.81. The minimum atomic E-state index is -0.277. The first-order valence-corrected chi connectivity index (χ1v) is 6.26. The van der Waals surface area contributed by atoms with Crippen molar-refractivity contribution in [1.82, 2.24) is 0 Å². The summed E-state index contributed by atoms with van der Waals surface area (Å²) in [5.41, 5.74) is 0.361. The van der Waals surface area contributed by atoms with Gasteiger partial charge in [0.2, 0.25) is 5.78 Å². The average molecular weight is 291 g/mol. The number of thiophene rings is 1. The number of hydrogen-bond acceptors (Lipinski definition) is 4. The molecule has 0 saturated carbocycles. The van der Waals surface area contributed by atoms with Crippen molar-refractivity contribution in [1.29, 1.82) is 0 Å². The average Bonchev–Trinajstić information content (AvgIpc) is 2.85. The van der Waals surface area contributed by atoms with Crippen molar-refractivity contribution in [3.63, 3.8) is 0 Å². The minimum absolute atomic E-state index is 0.230. The summed E-state index contributed by atoms with van der Waals surface area (Å²) in [5.74, 6) is 0.544. The molecule has 0 aliphatic rings. The Hall–Kier alpha value is -0.810. The number of ketones is 1. The summed E-state index contributed by atoms with van der Waals surface area (Å²) in [4.78, 5) is 12.0. The molecule has 0 fully saturated rings. The molecule has 0 N–H and O–H groups in total. The molecule has 3 nitrogen and oxygen atoms in total. The molecule has 0 aliphatic heterocycles. The molecule has 17 heavy (non-hydrogen) atoms. The van der Waals surface area contributed by atoms with Crippen LogP contribution in [-0.2, 0) is 11.3 Å². The Bertz CT molecular complexity index is 545. The Labute approximate surface area is 112 Å². The van der Waals surface area contributed by atoms with E-state index in [1.807, 2.05) is 0 Å². The predicted molar refractivity (Wildman–Crippen MR) is 67.2 cm³/mol. The summed E-state index contributed by atoms with van der Waals surface area (Å²) in [7, 11) is 1.56. The van der Waals surface area contributed by atoms with Crippen LogP contribution in [0.4, 0.5) is 0 Å². The first-order valence-electron chi connectivity index (χ1n) is 4.69. The van der Waals surface area contributed by atoms with Gasteiger partial charge < -0.3 is 9.15 Å². The highest BCUT2D eigenvalue weighted by Gasteiger charge is 2.19. The quantitative estimate of drug-likeness (QED) is 0.798. The minimum Gasteiger partial charge on any atom is -0.455 e. The molecule has 0 aliphatic carbocycles. The van der Waals surface area contributed by atoms with E-state index in [1.54, 1.807) is 19.2 Å². The zero-order chi connectivity index (χ0) is 12.4. The van der Waals surface area contributed by atoms with Crippen LogP contribution in [0.3, 0.4) is 0 Å². The zero-order valence-electron chi connectivity index (χ0n) is 8.83. The Morgan fingerprint density at radius 1 is 1.47 bits per heavy atom. The number of hydrogen-bond donors (Lipinski definition) is 0. The number of furan rings is 1. The molecule has 0 spiro atoms. The third-order valence-corrected chi connectivity index (χ3v) is 3.56. The Kier molecular flexibility index (Phi) is 3.89. The normalized spacial score (nSPS) is 10.8. The molecule has 0 unspecified atom stereocenters. The van der Waals surface area contributed by atoms with Crippen LogP contribution >= 0.6 is 34.5 Å². The number of halogens is 2. The summed E-state index contributed by atoms with van der Waals surface area (Å²) in [5, 5.41) is 0. The highest BCUT2D eigenvalue weighted by atomic mass is 35.5. The van der Waals surface area contributed by atoms with Crippen molar-refractivity contribution in [2.24, 2.45) is 0 Å². The van der Waals surface area contributed by atoms with Gasteiger partial charge in [0.05, 0.1) is 9.90 Å². The Morgan fingerprint density at radius 2 is 2.24 bits per heavy atom. The lowest BCUT2D eigenvalue weighted by Crippen LogP contribution is -1.98. The summed E-state index contributed by atoms with van der Waals surface area (Å²) < 4.78 is 11.1. The Balaban J connectivity index is 2.27. The van der Waals surface area contributed by atoms with E-state index in [9.17, 15) is 4.79 Å². The van der Waals surface area contributed by atoms with Crippen LogP contribution in [0.2, 0.25) is 8.67 Å². The number of ether oxygens (including phenoxy) is 1. The Morgan fingerprint density at radius 3 is 2.82 bits per heavy atom. The monoisotopic (exact) mass is 290 g/mol. The SMILES string of the molecule is COCc1ccc(C(=O)c2cc(Cl)sc2Cl)o1. The molecule has 0 radical (unpaired) electrons. The lowest BCUT2D eigenvalue weighted by atomic mass is 10.2. The molecule has 2 rings (SSSR count). The van der Waals surface area contributed by atoms with Crippen LogP contribution < -0.4 is 0 Å². The summed E-state index contributed by atoms with van der Waals surface area (Å²) >= 11 is 12.8. The lowest BCUT2D eigenvalue weighted by Gasteiger charge is -1.95. The second-order valence-corrected chi connectivity index (χ2v) is 5.55. The molecule has 0 atom stereocenters. The van der Waals surface area contributed by atoms with Crippen molar-refractivity contribution in [3.05, 3.63) is 44.0 Å². The molecular formula is C11H8Cl2O3S. The van der Waals surface area contributed by atoms with Crippen molar-refractivity contribution in [2.75, 3.05) is 7.11 Å². The van der Waals surface area contributed by atoms with Crippen LogP contribution in [0.25, 0.3) is 0 Å². The topological polar surface area (TPSA) is 39.4 Å². The van der Waals surface area contributed by atoms with E-state index in [0.29, 0.717) is 26.6 Å². The second-order valence-electron chi connectivity index (χ2n) is 3.27. The van der Waals surface area contributed by atoms with Crippen molar-refractivity contribution >= 4 is 40.3 Å². The van der Waals surface area contributed by atoms with Gasteiger partial charge in [-0.3, -0.25) is 4.79 Å². The molecule has 6 heteroatoms. The highest BCUT2D eigenvalue weighted by Crippen LogP contribution is 2.32. The van der Waals surface area contributed by atoms with E-state index < -0.39 is 0 Å². The molecule has 0 saturated heterocycles. The molecule has 0 amide bonds. The van der Waals surface area contributed by atoms with Crippen LogP contribution in [-0.4, -0.2) is 12.9 Å². The van der Waals surface area contributed by atoms with Crippen molar-refractivity contribution < 1.29 is 13.9 Å². The summed E-state index contributed by atoms with van der Waals surface area (Å²) in [6.07, 6.45) is 0. The van der Waals surface area contributed by atoms with Gasteiger partial charge in [0.1, 0.15) is 16.7 Å². The van der Waals surface area contributed by atoms with Gasteiger partial charge in [-0.2, -0.15) is 0 Å². The number of rotatable bonds is 4. The fraction of sp³-hybridized carbons (Fsp3) is 0.182. The van der Waals surface area contributed by atoms with Gasteiger partial charge in [0.15, 0.2) is 5.76 Å². The number of carbonyl (C=O) groups is 1. The van der Waals surface area contributed by atoms with Crippen LogP contribution in [0.15, 0.2) is 22.6 Å². The second kappa shape index (κ2) is 5.23. The molecule has 2 heterocycles. The summed E-state index contributed by atoms with van der Waals surface area (Å²) in [6.45, 7) is 0.325. The lowest BCUT2D eigenvalue weighted by molar-refractivity contribution is 0.100. The maximum atomic E-state index is 12.0. The first-order chi connectivity index (χ1) is 8.11. The van der Waals surface area contributed by atoms with Gasteiger partial charge in [-0.05, 0) is 18.2 Å². The largest absolute Gasteiger partial charge is 0.455 e. The molecule has 90 valence electrons. The number of methoxy groups -OCH3 is 1. The van der Waals surface area contributed by atoms with Gasteiger partial charge in [-0.15, -0.1) is 11.3 Å². The van der Waals surface area contributed by atoms with Gasteiger partial charge in [0, 0.05) is 7.11 Å². The molecule has 0 aromatic carbocycles. The van der Waals surface area contributed by atoms with Crippen molar-refractivity contribution in [2.45, 2.75) is 6.61 Å². The van der Waals surface area contributed by atoms with E-state index >= 15 is 0 Å². The summed E-state index contributed by atoms with van der Waals surface area (Å²) in [6, 6.07) is 4.83. The van der Waals surface area contributed by atoms with E-state index in [4.69, 9.17) is 32.4 Å². The van der Waals surface area contributed by atoms with E-state index in [2.05, 4.69) is 0 Å². The maximum Gasteiger partial charge on any atom is 0.230 e.